The highest BCUT2D eigenvalue weighted by atomic mass is 32.2. The lowest BCUT2D eigenvalue weighted by Gasteiger charge is -2.17. The SMILES string of the molecule is O=C(O)[C@@H]1CC(=O)N(c2ccc(S(=O)(=O)Nc3cccc(C(F)(F)F)c3)cc2)C1. The number of carboxylic acid groups (broad SMARTS) is 1. The monoisotopic (exact) mass is 428 g/mol. The van der Waals surface area contributed by atoms with Gasteiger partial charge in [0.2, 0.25) is 5.91 Å². The number of halogens is 3. The second-order valence-corrected chi connectivity index (χ2v) is 8.10. The fourth-order valence-corrected chi connectivity index (χ4v) is 3.95. The van der Waals surface area contributed by atoms with Crippen LogP contribution in [0.15, 0.2) is 53.4 Å². The van der Waals surface area contributed by atoms with Gasteiger partial charge < -0.3 is 10.0 Å². The Morgan fingerprint density at radius 1 is 1.14 bits per heavy atom. The van der Waals surface area contributed by atoms with Gasteiger partial charge in [-0.1, -0.05) is 6.07 Å². The zero-order valence-corrected chi connectivity index (χ0v) is 15.5. The van der Waals surface area contributed by atoms with Crippen LogP contribution in [0.4, 0.5) is 24.5 Å². The third-order valence-corrected chi connectivity index (χ3v) is 5.77. The van der Waals surface area contributed by atoms with E-state index in [4.69, 9.17) is 5.11 Å². The van der Waals surface area contributed by atoms with Crippen LogP contribution >= 0.6 is 0 Å². The summed E-state index contributed by atoms with van der Waals surface area (Å²) in [5.41, 5.74) is -0.909. The number of hydrogen-bond donors (Lipinski definition) is 2. The number of aliphatic carboxylic acids is 1. The smallest absolute Gasteiger partial charge is 0.416 e. The molecule has 1 fully saturated rings. The van der Waals surface area contributed by atoms with Gasteiger partial charge >= 0.3 is 12.1 Å². The summed E-state index contributed by atoms with van der Waals surface area (Å²) in [7, 11) is -4.17. The molecule has 1 saturated heterocycles. The minimum absolute atomic E-state index is 0.0251. The average Bonchev–Trinajstić information content (AvgIpc) is 3.03. The zero-order chi connectivity index (χ0) is 21.4. The third-order valence-electron chi connectivity index (χ3n) is 4.38. The minimum Gasteiger partial charge on any atom is -0.481 e. The molecule has 1 amide bonds. The van der Waals surface area contributed by atoms with E-state index >= 15 is 0 Å². The largest absolute Gasteiger partial charge is 0.481 e. The van der Waals surface area contributed by atoms with Crippen LogP contribution < -0.4 is 9.62 Å². The number of sulfonamides is 1. The van der Waals surface area contributed by atoms with Crippen molar-refractivity contribution in [1.29, 1.82) is 0 Å². The zero-order valence-electron chi connectivity index (χ0n) is 14.7. The molecule has 1 heterocycles. The van der Waals surface area contributed by atoms with E-state index in [-0.39, 0.29) is 23.5 Å². The molecule has 2 aromatic carbocycles. The van der Waals surface area contributed by atoms with Crippen molar-refractivity contribution in [2.45, 2.75) is 17.5 Å². The van der Waals surface area contributed by atoms with E-state index in [1.54, 1.807) is 0 Å². The fourth-order valence-electron chi connectivity index (χ4n) is 2.90. The Balaban J connectivity index is 1.79. The molecular formula is C18H15F3N2O5S. The number of rotatable bonds is 5. The van der Waals surface area contributed by atoms with Crippen molar-refractivity contribution in [3.05, 3.63) is 54.1 Å². The number of amides is 1. The summed E-state index contributed by atoms with van der Waals surface area (Å²) in [6, 6.07) is 8.83. The van der Waals surface area contributed by atoms with Crippen molar-refractivity contribution < 1.29 is 36.3 Å². The van der Waals surface area contributed by atoms with Crippen molar-refractivity contribution in [2.75, 3.05) is 16.2 Å². The Hall–Kier alpha value is -3.08. The third kappa shape index (κ3) is 4.50. The van der Waals surface area contributed by atoms with Gasteiger partial charge in [0.25, 0.3) is 10.0 Å². The summed E-state index contributed by atoms with van der Waals surface area (Å²) in [5, 5.41) is 9.02. The molecule has 2 N–H and O–H groups in total. The van der Waals surface area contributed by atoms with E-state index in [0.717, 1.165) is 12.1 Å². The molecule has 0 unspecified atom stereocenters. The quantitative estimate of drug-likeness (QED) is 0.762. The molecule has 11 heteroatoms. The van der Waals surface area contributed by atoms with Crippen LogP contribution in [0.3, 0.4) is 0 Å². The van der Waals surface area contributed by atoms with Gasteiger partial charge in [0.1, 0.15) is 0 Å². The molecule has 1 aliphatic heterocycles. The maximum Gasteiger partial charge on any atom is 0.416 e. The van der Waals surface area contributed by atoms with Crippen molar-refractivity contribution in [1.82, 2.24) is 0 Å². The first kappa shape index (κ1) is 20.6. The standard InChI is InChI=1S/C18H15F3N2O5S/c19-18(20,21)12-2-1-3-13(9-12)22-29(27,28)15-6-4-14(5-7-15)23-10-11(17(25)26)8-16(23)24/h1-7,9,11,22H,8,10H2,(H,25,26)/t11-/m1/s1. The van der Waals surface area contributed by atoms with Crippen LogP contribution in [0.2, 0.25) is 0 Å². The highest BCUT2D eigenvalue weighted by molar-refractivity contribution is 7.92. The Labute approximate surface area is 163 Å². The van der Waals surface area contributed by atoms with Crippen LogP contribution in [0.25, 0.3) is 0 Å². The van der Waals surface area contributed by atoms with Crippen molar-refractivity contribution >= 4 is 33.3 Å². The molecule has 29 heavy (non-hydrogen) atoms. The van der Waals surface area contributed by atoms with Crippen LogP contribution in [0.5, 0.6) is 0 Å². The molecule has 0 aromatic heterocycles. The number of nitrogens with zero attached hydrogens (tertiary/aromatic N) is 1. The molecule has 2 aromatic rings. The number of alkyl halides is 3. The second kappa shape index (κ2) is 7.39. The van der Waals surface area contributed by atoms with Gasteiger partial charge in [0.15, 0.2) is 0 Å². The number of benzene rings is 2. The molecule has 1 aliphatic rings. The first-order chi connectivity index (χ1) is 13.5. The van der Waals surface area contributed by atoms with Crippen molar-refractivity contribution in [2.24, 2.45) is 5.92 Å². The van der Waals surface area contributed by atoms with Crippen LogP contribution in [0.1, 0.15) is 12.0 Å². The molecule has 154 valence electrons. The van der Waals surface area contributed by atoms with E-state index in [9.17, 15) is 31.2 Å². The summed E-state index contributed by atoms with van der Waals surface area (Å²) in [6.07, 6.45) is -4.76. The maximum absolute atomic E-state index is 12.8. The number of carboxylic acids is 1. The first-order valence-electron chi connectivity index (χ1n) is 8.31. The van der Waals surface area contributed by atoms with Gasteiger partial charge in [-0.2, -0.15) is 13.2 Å². The van der Waals surface area contributed by atoms with Gasteiger partial charge in [0, 0.05) is 24.3 Å². The number of anilines is 2. The molecule has 0 spiro atoms. The highest BCUT2D eigenvalue weighted by Gasteiger charge is 2.35. The van der Waals surface area contributed by atoms with E-state index in [1.165, 1.54) is 35.2 Å². The van der Waals surface area contributed by atoms with Crippen LogP contribution in [-0.2, 0) is 25.8 Å². The number of hydrogen-bond acceptors (Lipinski definition) is 4. The van der Waals surface area contributed by atoms with E-state index < -0.39 is 39.6 Å². The highest BCUT2D eigenvalue weighted by Crippen LogP contribution is 2.31. The Morgan fingerprint density at radius 2 is 1.79 bits per heavy atom. The predicted molar refractivity (Wildman–Crippen MR) is 96.8 cm³/mol. The average molecular weight is 428 g/mol. The van der Waals surface area contributed by atoms with Gasteiger partial charge in [-0.05, 0) is 42.5 Å². The van der Waals surface area contributed by atoms with Crippen LogP contribution in [0, 0.1) is 5.92 Å². The summed E-state index contributed by atoms with van der Waals surface area (Å²) >= 11 is 0. The lowest BCUT2D eigenvalue weighted by Crippen LogP contribution is -2.25. The number of carbonyl (C=O) groups is 2. The van der Waals surface area contributed by atoms with Crippen molar-refractivity contribution in [3.63, 3.8) is 0 Å². The maximum atomic E-state index is 12.8. The van der Waals surface area contributed by atoms with E-state index in [1.807, 2.05) is 0 Å². The summed E-state index contributed by atoms with van der Waals surface area (Å²) in [6.45, 7) is -0.0251. The number of carbonyl (C=O) groups excluding carboxylic acids is 1. The lowest BCUT2D eigenvalue weighted by atomic mass is 10.1. The summed E-state index contributed by atoms with van der Waals surface area (Å²) in [5.74, 6) is -2.33. The Kier molecular flexibility index (Phi) is 5.26. The Morgan fingerprint density at radius 3 is 2.34 bits per heavy atom. The first-order valence-corrected chi connectivity index (χ1v) is 9.79. The topological polar surface area (TPSA) is 104 Å². The molecule has 0 saturated carbocycles. The Bertz CT molecular complexity index is 1050. The summed E-state index contributed by atoms with van der Waals surface area (Å²) in [4.78, 5) is 24.0. The minimum atomic E-state index is -4.61. The lowest BCUT2D eigenvalue weighted by molar-refractivity contribution is -0.141. The predicted octanol–water partition coefficient (Wildman–Crippen LogP) is 2.94. The second-order valence-electron chi connectivity index (χ2n) is 6.42. The van der Waals surface area contributed by atoms with Crippen molar-refractivity contribution in [3.8, 4) is 0 Å². The molecule has 0 bridgehead atoms. The molecular weight excluding hydrogens is 413 g/mol. The molecule has 0 aliphatic carbocycles. The van der Waals surface area contributed by atoms with E-state index in [0.29, 0.717) is 11.8 Å². The molecule has 0 radical (unpaired) electrons. The van der Waals surface area contributed by atoms with Gasteiger partial charge in [-0.25, -0.2) is 8.42 Å². The van der Waals surface area contributed by atoms with Gasteiger partial charge in [0.05, 0.1) is 16.4 Å². The van der Waals surface area contributed by atoms with Gasteiger partial charge in [-0.15, -0.1) is 0 Å². The van der Waals surface area contributed by atoms with Gasteiger partial charge in [-0.3, -0.25) is 14.3 Å². The molecule has 7 nitrogen and oxygen atoms in total. The van der Waals surface area contributed by atoms with Crippen LogP contribution in [-0.4, -0.2) is 31.9 Å². The van der Waals surface area contributed by atoms with E-state index in [2.05, 4.69) is 4.72 Å². The molecule has 3 rings (SSSR count). The number of nitrogens with one attached hydrogen (secondary N) is 1. The normalized spacial score (nSPS) is 17.4. The molecule has 1 atom stereocenters. The summed E-state index contributed by atoms with van der Waals surface area (Å²) < 4.78 is 65.3. The fraction of sp³-hybridized carbons (Fsp3) is 0.222.